The van der Waals surface area contributed by atoms with Gasteiger partial charge in [0.2, 0.25) is 0 Å². The molecule has 0 N–H and O–H groups in total. The molecule has 0 radical (unpaired) electrons. The van der Waals surface area contributed by atoms with E-state index in [4.69, 9.17) is 0 Å². The minimum absolute atomic E-state index is 0. The number of rotatable bonds is 6. The van der Waals surface area contributed by atoms with E-state index in [0.717, 1.165) is 6.04 Å². The van der Waals surface area contributed by atoms with Gasteiger partial charge in [0, 0.05) is 0 Å². The normalized spacial score (nSPS) is 10.7. The van der Waals surface area contributed by atoms with E-state index in [2.05, 4.69) is 20.8 Å². The van der Waals surface area contributed by atoms with E-state index in [1.807, 2.05) is 0 Å². The van der Waals surface area contributed by atoms with Gasteiger partial charge in [-0.3, -0.25) is 0 Å². The fraction of sp³-hybridized carbons (Fsp3) is 1.00. The maximum atomic E-state index is 10.5. The summed E-state index contributed by atoms with van der Waals surface area (Å²) in [6.45, 7) is 6.62. The van der Waals surface area contributed by atoms with Crippen LogP contribution in [0.25, 0.3) is 0 Å². The average molecular weight is 252 g/mol. The molecule has 6 heteroatoms. The minimum atomic E-state index is -2.15. The molecule has 74 valence electrons. The zero-order valence-corrected chi connectivity index (χ0v) is 16.2. The Morgan fingerprint density at radius 1 is 0.929 bits per heavy atom. The zero-order chi connectivity index (χ0) is 9.61. The van der Waals surface area contributed by atoms with Crippen LogP contribution in [-0.4, -0.2) is 14.2 Å². The van der Waals surface area contributed by atoms with E-state index < -0.39 is 16.4 Å². The summed E-state index contributed by atoms with van der Waals surface area (Å²) in [6.07, 6.45) is 0.414. The third-order valence-electron chi connectivity index (χ3n) is 3.07. The molecule has 0 fully saturated rings. The van der Waals surface area contributed by atoms with Crippen LogP contribution in [0.5, 0.6) is 0 Å². The zero-order valence-electron chi connectivity index (χ0n) is 10.3. The van der Waals surface area contributed by atoms with Crippen molar-refractivity contribution >= 4 is 16.4 Å². The SMILES string of the molecule is CC[Si](CC)(CC)CCP([O-])[O-].[Na+].[Na+]. The van der Waals surface area contributed by atoms with Gasteiger partial charge in [-0.15, -0.1) is 0 Å². The molecule has 0 bridgehead atoms. The van der Waals surface area contributed by atoms with Crippen LogP contribution in [-0.2, 0) is 0 Å². The second-order valence-electron chi connectivity index (χ2n) is 3.37. The summed E-state index contributed by atoms with van der Waals surface area (Å²) in [6, 6.07) is 4.64. The first-order valence-corrected chi connectivity index (χ1v) is 8.91. The third kappa shape index (κ3) is 8.69. The van der Waals surface area contributed by atoms with Crippen molar-refractivity contribution in [3.63, 3.8) is 0 Å². The van der Waals surface area contributed by atoms with E-state index in [9.17, 15) is 9.79 Å². The summed E-state index contributed by atoms with van der Waals surface area (Å²) in [5.41, 5.74) is 0. The van der Waals surface area contributed by atoms with Crippen LogP contribution in [0.1, 0.15) is 20.8 Å². The first-order chi connectivity index (χ1) is 5.60. The van der Waals surface area contributed by atoms with E-state index in [1.54, 1.807) is 0 Å². The summed E-state index contributed by atoms with van der Waals surface area (Å²) in [5.74, 6) is 0. The van der Waals surface area contributed by atoms with Gasteiger partial charge in [0.25, 0.3) is 0 Å². The largest absolute Gasteiger partial charge is 1.00 e. The van der Waals surface area contributed by atoms with Gasteiger partial charge in [-0.2, -0.15) is 0 Å². The Morgan fingerprint density at radius 3 is 1.50 bits per heavy atom. The molecule has 0 rings (SSSR count). The smallest absolute Gasteiger partial charge is 0.842 e. The molecule has 0 saturated heterocycles. The van der Waals surface area contributed by atoms with E-state index >= 15 is 0 Å². The second-order valence-corrected chi connectivity index (χ2v) is 10.1. The summed E-state index contributed by atoms with van der Waals surface area (Å²) in [7, 11) is -3.31. The Kier molecular flexibility index (Phi) is 18.8. The topological polar surface area (TPSA) is 46.1 Å². The number of hydrogen-bond donors (Lipinski definition) is 0. The summed E-state index contributed by atoms with van der Waals surface area (Å²) in [5, 5.41) is 0. The van der Waals surface area contributed by atoms with Crippen LogP contribution < -0.4 is 68.9 Å². The standard InChI is InChI=1S/C8H19O2PSi.2Na/c1-4-12(5-2,6-3)8-7-11(9)10;;/h4-8H2,1-3H3;;/q-2;2*+1. The first kappa shape index (κ1) is 21.8. The molecule has 14 heavy (non-hydrogen) atoms. The Labute approximate surface area is 135 Å². The molecule has 0 atom stereocenters. The van der Waals surface area contributed by atoms with Crippen molar-refractivity contribution in [2.24, 2.45) is 0 Å². The van der Waals surface area contributed by atoms with Gasteiger partial charge in [0.15, 0.2) is 0 Å². The van der Waals surface area contributed by atoms with Crippen LogP contribution in [0.4, 0.5) is 0 Å². The molecular formula is C8H19Na2O2PSi. The van der Waals surface area contributed by atoms with Crippen molar-refractivity contribution in [1.82, 2.24) is 0 Å². The molecule has 0 aromatic heterocycles. The van der Waals surface area contributed by atoms with Gasteiger partial charge in [-0.05, 0) is 0 Å². The van der Waals surface area contributed by atoms with Gasteiger partial charge >= 0.3 is 59.1 Å². The maximum Gasteiger partial charge on any atom is 1.00 e. The fourth-order valence-electron chi connectivity index (χ4n) is 1.61. The van der Waals surface area contributed by atoms with Gasteiger partial charge in [-0.25, -0.2) is 0 Å². The molecule has 2 nitrogen and oxygen atoms in total. The third-order valence-corrected chi connectivity index (χ3v) is 9.89. The van der Waals surface area contributed by atoms with Crippen LogP contribution in [0, 0.1) is 0 Å². The van der Waals surface area contributed by atoms with Crippen molar-refractivity contribution in [1.29, 1.82) is 0 Å². The predicted molar refractivity (Wildman–Crippen MR) is 53.8 cm³/mol. The van der Waals surface area contributed by atoms with Gasteiger partial charge < -0.3 is 18.2 Å². The van der Waals surface area contributed by atoms with Crippen LogP contribution in [0.3, 0.4) is 0 Å². The number of hydrogen-bond acceptors (Lipinski definition) is 2. The van der Waals surface area contributed by atoms with Crippen molar-refractivity contribution in [2.45, 2.75) is 44.9 Å². The molecule has 0 aromatic rings. The quantitative estimate of drug-likeness (QED) is 0.353. The van der Waals surface area contributed by atoms with E-state index in [-0.39, 0.29) is 59.1 Å². The molecule has 0 aromatic carbocycles. The summed E-state index contributed by atoms with van der Waals surface area (Å²) >= 11 is 0. The van der Waals surface area contributed by atoms with Crippen LogP contribution in [0.15, 0.2) is 0 Å². The summed E-state index contributed by atoms with van der Waals surface area (Å²) in [4.78, 5) is 20.9. The molecule has 0 saturated carbocycles. The van der Waals surface area contributed by atoms with Crippen molar-refractivity contribution in [3.8, 4) is 0 Å². The molecular weight excluding hydrogens is 233 g/mol. The van der Waals surface area contributed by atoms with E-state index in [0.29, 0.717) is 6.16 Å². The molecule has 0 aliphatic carbocycles. The monoisotopic (exact) mass is 252 g/mol. The summed E-state index contributed by atoms with van der Waals surface area (Å²) < 4.78 is 0. The fourth-order valence-corrected chi connectivity index (χ4v) is 6.80. The molecule has 0 heterocycles. The Hall–Kier alpha value is 2.57. The Bertz CT molecular complexity index is 116. The molecule has 0 spiro atoms. The van der Waals surface area contributed by atoms with E-state index in [1.165, 1.54) is 18.1 Å². The maximum absolute atomic E-state index is 10.5. The van der Waals surface area contributed by atoms with Crippen LogP contribution in [0.2, 0.25) is 24.2 Å². The van der Waals surface area contributed by atoms with Crippen LogP contribution >= 0.6 is 8.38 Å². The Morgan fingerprint density at radius 2 is 1.29 bits per heavy atom. The minimum Gasteiger partial charge on any atom is -0.842 e. The molecule has 0 unspecified atom stereocenters. The molecule has 0 aliphatic heterocycles. The van der Waals surface area contributed by atoms with Crippen molar-refractivity contribution < 1.29 is 68.9 Å². The van der Waals surface area contributed by atoms with Crippen molar-refractivity contribution in [2.75, 3.05) is 6.16 Å². The molecule has 0 amide bonds. The first-order valence-electron chi connectivity index (χ1n) is 4.72. The molecule has 0 aliphatic rings. The second kappa shape index (κ2) is 12.0. The average Bonchev–Trinajstić information content (AvgIpc) is 2.08. The van der Waals surface area contributed by atoms with Crippen molar-refractivity contribution in [3.05, 3.63) is 0 Å². The van der Waals surface area contributed by atoms with Gasteiger partial charge in [0.1, 0.15) is 0 Å². The van der Waals surface area contributed by atoms with Gasteiger partial charge in [0.05, 0.1) is 8.07 Å². The van der Waals surface area contributed by atoms with Gasteiger partial charge in [-0.1, -0.05) is 51.1 Å². The Balaban J connectivity index is -0.000000605. The predicted octanol–water partition coefficient (Wildman–Crippen LogP) is -4.46.